The summed E-state index contributed by atoms with van der Waals surface area (Å²) in [6.45, 7) is 5.87. The number of anilines is 10. The van der Waals surface area contributed by atoms with E-state index in [4.69, 9.17) is 75.7 Å². The molecule has 9 aromatic rings. The Morgan fingerprint density at radius 2 is 0.957 bits per heavy atom. The zero-order chi connectivity index (χ0) is 67.5. The molecule has 2 aliphatic heterocycles. The van der Waals surface area contributed by atoms with Crippen LogP contribution < -0.4 is 24.9 Å². The van der Waals surface area contributed by atoms with E-state index < -0.39 is 35.5 Å². The molecular formula is C66H66BrCl4F2I2N13O6. The van der Waals surface area contributed by atoms with Gasteiger partial charge in [0.25, 0.3) is 0 Å². The molecule has 0 bridgehead atoms. The number of benzene rings is 3. The maximum absolute atomic E-state index is 15.4. The van der Waals surface area contributed by atoms with Crippen LogP contribution in [0.3, 0.4) is 0 Å². The molecule has 2 fully saturated rings. The van der Waals surface area contributed by atoms with Gasteiger partial charge < -0.3 is 34.4 Å². The number of hydrogen-bond acceptors (Lipinski definition) is 18. The van der Waals surface area contributed by atoms with Crippen molar-refractivity contribution < 1.29 is 37.7 Å². The normalized spacial score (nSPS) is 13.7. The summed E-state index contributed by atoms with van der Waals surface area (Å²) < 4.78 is 46.7. The Morgan fingerprint density at radius 3 is 1.33 bits per heavy atom. The molecule has 28 heteroatoms. The van der Waals surface area contributed by atoms with Gasteiger partial charge in [0.15, 0.2) is 11.6 Å². The summed E-state index contributed by atoms with van der Waals surface area (Å²) in [4.78, 5) is 65.5. The Balaban J connectivity index is 0.000000198. The first-order chi connectivity index (χ1) is 45.2. The molecule has 6 aromatic heterocycles. The highest BCUT2D eigenvalue weighted by atomic mass is 128. The molecule has 0 amide bonds. The average molecular weight is 1650 g/mol. The first kappa shape index (κ1) is 74.6. The summed E-state index contributed by atoms with van der Waals surface area (Å²) in [5, 5.41) is 14.2. The van der Waals surface area contributed by atoms with Gasteiger partial charge in [0.1, 0.15) is 63.8 Å². The molecule has 0 radical (unpaired) electrons. The smallest absolute Gasteiger partial charge is 0.332 e. The number of rotatable bonds is 18. The van der Waals surface area contributed by atoms with Crippen LogP contribution in [0.25, 0.3) is 0 Å². The monoisotopic (exact) mass is 1650 g/mol. The van der Waals surface area contributed by atoms with E-state index >= 15 is 4.39 Å². The highest BCUT2D eigenvalue weighted by molar-refractivity contribution is 15.0. The number of esters is 1. The van der Waals surface area contributed by atoms with E-state index in [1.165, 1.54) is 0 Å². The second-order valence-corrected chi connectivity index (χ2v) is 24.4. The first-order valence-corrected chi connectivity index (χ1v) is 37.7. The molecule has 2 N–H and O–H groups in total. The maximum Gasteiger partial charge on any atom is 0.332 e. The van der Waals surface area contributed by atoms with Crippen LogP contribution in [0.5, 0.6) is 0 Å². The van der Waals surface area contributed by atoms with E-state index in [0.717, 1.165) is 27.5 Å². The standard InChI is InChI=1S/C27H31ClFN5O3.C23H23ClFN5O3.C11H9ClN2.C5H3BrClN.I2/c1-26(2,3)37-25(35)18-36-19-27(29)11-13-33(14-12-27)23-16-30-17-24(32-23)34(21-7-5-4-6-8-21)22-10-9-20(28)15-31-22;24-17-6-7-19(27-12-17)30(18-4-2-1-3-5-18)21-14-26-13-20(28-21)29-10-8-23(25,9-11-29)16-33-15-22(31)32;12-9-6-7-11(13-8-9)14-10-4-2-1-3-5-10;6-5-2-1-4(7)3-8-5;1-2/h4-10,15-17H,11-14,18-19H2,1-3H3;1-7,12-14H,8-11,15-16H2,(H,31,32);1-8H,(H,13,14);1-3H;. The van der Waals surface area contributed by atoms with Gasteiger partial charge in [-0.3, -0.25) is 19.8 Å². The summed E-state index contributed by atoms with van der Waals surface area (Å²) in [6.07, 6.45) is 13.9. The molecule has 0 unspecified atom stereocenters. The second-order valence-electron chi connectivity index (χ2n) is 21.9. The van der Waals surface area contributed by atoms with Gasteiger partial charge in [-0.05, 0) is 122 Å². The molecule has 19 nitrogen and oxygen atoms in total. The van der Waals surface area contributed by atoms with Gasteiger partial charge in [0.2, 0.25) is 0 Å². The van der Waals surface area contributed by atoms with E-state index in [9.17, 15) is 14.0 Å². The van der Waals surface area contributed by atoms with Crippen molar-refractivity contribution in [1.82, 2.24) is 39.9 Å². The molecular weight excluding hydrogens is 1580 g/mol. The number of carbonyl (C=O) groups is 2. The van der Waals surface area contributed by atoms with Crippen molar-refractivity contribution in [2.75, 3.05) is 77.5 Å². The van der Waals surface area contributed by atoms with Crippen LogP contribution >= 0.6 is 99.6 Å². The van der Waals surface area contributed by atoms with Crippen LogP contribution in [-0.4, -0.2) is 126 Å². The second kappa shape index (κ2) is 37.5. The molecule has 94 heavy (non-hydrogen) atoms. The molecule has 2 saturated heterocycles. The molecule has 0 aliphatic carbocycles. The number of aromatic nitrogens is 8. The summed E-state index contributed by atoms with van der Waals surface area (Å²) in [5.41, 5.74) is -0.938. The summed E-state index contributed by atoms with van der Waals surface area (Å²) >= 11 is 30.7. The van der Waals surface area contributed by atoms with Gasteiger partial charge in [0.05, 0.1) is 58.1 Å². The Kier molecular flexibility index (Phi) is 29.8. The van der Waals surface area contributed by atoms with Crippen molar-refractivity contribution in [1.29, 1.82) is 0 Å². The Labute approximate surface area is 596 Å². The van der Waals surface area contributed by atoms with Crippen molar-refractivity contribution in [2.24, 2.45) is 0 Å². The van der Waals surface area contributed by atoms with E-state index in [0.29, 0.717) is 81.2 Å². The molecule has 2 aliphatic rings. The third kappa shape index (κ3) is 24.8. The van der Waals surface area contributed by atoms with E-state index in [2.05, 4.69) is 88.4 Å². The van der Waals surface area contributed by atoms with Crippen LogP contribution in [0.1, 0.15) is 46.5 Å². The maximum atomic E-state index is 15.4. The first-order valence-electron chi connectivity index (χ1n) is 29.1. The molecule has 3 aromatic carbocycles. The number of carboxylic acid groups (broad SMARTS) is 1. The van der Waals surface area contributed by atoms with Crippen molar-refractivity contribution in [3.63, 3.8) is 0 Å². The minimum absolute atomic E-state index is 0.157. The van der Waals surface area contributed by atoms with Gasteiger partial charge in [0, 0.05) is 131 Å². The number of alkyl halides is 2. The lowest BCUT2D eigenvalue weighted by Gasteiger charge is -2.37. The molecule has 0 spiro atoms. The largest absolute Gasteiger partial charge is 0.480 e. The number of piperidine rings is 2. The highest BCUT2D eigenvalue weighted by Gasteiger charge is 2.37. The molecule has 494 valence electrons. The Hall–Kier alpha value is -6.76. The van der Waals surface area contributed by atoms with Crippen LogP contribution in [0.4, 0.5) is 66.6 Å². The van der Waals surface area contributed by atoms with Crippen LogP contribution in [-0.2, 0) is 23.8 Å². The van der Waals surface area contributed by atoms with E-state index in [-0.39, 0.29) is 45.5 Å². The predicted molar refractivity (Wildman–Crippen MR) is 389 cm³/mol. The van der Waals surface area contributed by atoms with Gasteiger partial charge in [-0.2, -0.15) is 0 Å². The van der Waals surface area contributed by atoms with E-state index in [1.807, 2.05) is 123 Å². The Morgan fingerprint density at radius 1 is 0.553 bits per heavy atom. The fraction of sp³-hybridized carbons (Fsp3) is 0.273. The number of carboxylic acids is 1. The fourth-order valence-electron chi connectivity index (χ4n) is 9.18. The molecule has 0 saturated carbocycles. The van der Waals surface area contributed by atoms with Crippen molar-refractivity contribution in [2.45, 2.75) is 63.4 Å². The lowest BCUT2D eigenvalue weighted by atomic mass is 9.94. The number of nitrogens with zero attached hydrogens (tertiary/aromatic N) is 12. The lowest BCUT2D eigenvalue weighted by Crippen LogP contribution is -2.45. The van der Waals surface area contributed by atoms with Crippen LogP contribution in [0, 0.1) is 0 Å². The summed E-state index contributed by atoms with van der Waals surface area (Å²) in [7, 11) is 0. The van der Waals surface area contributed by atoms with Gasteiger partial charge in [-0.25, -0.2) is 48.3 Å². The Bertz CT molecular complexity index is 3720. The number of para-hydroxylation sites is 3. The van der Waals surface area contributed by atoms with Crippen molar-refractivity contribution >= 4 is 169 Å². The number of pyridine rings is 4. The molecule has 0 atom stereocenters. The van der Waals surface area contributed by atoms with Gasteiger partial charge in [-0.1, -0.05) is 101 Å². The summed E-state index contributed by atoms with van der Waals surface area (Å²) in [6, 6.07) is 43.6. The van der Waals surface area contributed by atoms with Crippen molar-refractivity contribution in [3.05, 3.63) is 214 Å². The number of hydrogen-bond donors (Lipinski definition) is 2. The SMILES string of the molecule is CC(C)(C)OC(=O)COCC1(F)CCN(c2cncc(N(c3ccccc3)c3ccc(Cl)cn3)n2)CC1.Clc1ccc(Br)nc1.Clc1ccc(Nc2ccccc2)nc1.II.O=C(O)COCC1(F)CCN(c2cncc(N(c3ccccc3)c3ccc(Cl)cn3)n2)CC1. The molecule has 11 rings (SSSR count). The minimum atomic E-state index is -1.56. The minimum Gasteiger partial charge on any atom is -0.480 e. The van der Waals surface area contributed by atoms with Crippen LogP contribution in [0.2, 0.25) is 20.1 Å². The predicted octanol–water partition coefficient (Wildman–Crippen LogP) is 17.8. The third-order valence-corrected chi connectivity index (χ3v) is 15.0. The number of aliphatic carboxylic acids is 1. The number of nitrogens with one attached hydrogen (secondary N) is 1. The zero-order valence-corrected chi connectivity index (χ0v) is 60.1. The number of ether oxygens (including phenoxy) is 3. The molecule has 8 heterocycles. The van der Waals surface area contributed by atoms with Gasteiger partial charge in [-0.15, -0.1) is 0 Å². The topological polar surface area (TPSA) is 210 Å². The van der Waals surface area contributed by atoms with Crippen molar-refractivity contribution in [3.8, 4) is 0 Å². The fourth-order valence-corrected chi connectivity index (χ4v) is 9.86. The lowest BCUT2D eigenvalue weighted by molar-refractivity contribution is -0.161. The van der Waals surface area contributed by atoms with Crippen LogP contribution in [0.15, 0.2) is 194 Å². The van der Waals surface area contributed by atoms with Gasteiger partial charge >= 0.3 is 11.9 Å². The third-order valence-electron chi connectivity index (χ3n) is 13.6. The highest BCUT2D eigenvalue weighted by Crippen LogP contribution is 2.37. The zero-order valence-electron chi connectivity index (χ0n) is 51.1. The number of carbonyl (C=O) groups excluding carboxylic acids is 1. The number of halogens is 9. The average Bonchev–Trinajstić information content (AvgIpc) is 1.24. The van der Waals surface area contributed by atoms with E-state index in [1.54, 1.807) is 107 Å². The quantitative estimate of drug-likeness (QED) is 0.0465. The summed E-state index contributed by atoms with van der Waals surface area (Å²) in [5.74, 6) is 2.87.